The lowest BCUT2D eigenvalue weighted by molar-refractivity contribution is 0.0600. The highest BCUT2D eigenvalue weighted by Crippen LogP contribution is 2.46. The Balaban J connectivity index is 0.000000383. The predicted molar refractivity (Wildman–Crippen MR) is 123 cm³/mol. The van der Waals surface area contributed by atoms with Gasteiger partial charge in [-0.3, -0.25) is 9.36 Å². The highest BCUT2D eigenvalue weighted by atomic mass is 16.6. The summed E-state index contributed by atoms with van der Waals surface area (Å²) in [6, 6.07) is 0. The quantitative estimate of drug-likeness (QED) is 0.711. The number of piperidine rings is 1. The van der Waals surface area contributed by atoms with E-state index in [-0.39, 0.29) is 5.56 Å². The monoisotopic (exact) mass is 423 g/mol. The zero-order valence-corrected chi connectivity index (χ0v) is 19.9. The lowest BCUT2D eigenvalue weighted by atomic mass is 9.77. The second-order valence-corrected chi connectivity index (χ2v) is 9.01. The number of amides is 1. The van der Waals surface area contributed by atoms with Crippen molar-refractivity contribution in [2.75, 3.05) is 23.7 Å². The number of ether oxygens (including phenoxy) is 1. The van der Waals surface area contributed by atoms with Crippen molar-refractivity contribution in [2.24, 2.45) is 18.2 Å². The number of nitrogen functional groups attached to an aromatic ring is 1. The average molecular weight is 424 g/mol. The number of nitrogens with zero attached hydrogens (tertiary/aromatic N) is 3. The first-order valence-electron chi connectivity index (χ1n) is 11.0. The molecule has 30 heavy (non-hydrogen) atoms. The molecule has 0 radical (unpaired) electrons. The molecule has 1 aromatic rings. The minimum atomic E-state index is -0.725. The molecular weight excluding hydrogens is 382 g/mol. The maximum atomic E-state index is 12.1. The van der Waals surface area contributed by atoms with E-state index in [1.165, 1.54) is 38.5 Å². The molecule has 2 fully saturated rings. The lowest BCUT2D eigenvalue weighted by Crippen LogP contribution is -2.42. The molecule has 1 aliphatic heterocycles. The smallest absolute Gasteiger partial charge is 0.405 e. The molecule has 2 aliphatic rings. The molecule has 4 N–H and O–H groups in total. The van der Waals surface area contributed by atoms with Gasteiger partial charge in [0, 0.05) is 20.1 Å². The zero-order chi connectivity index (χ0) is 23.1. The molecule has 0 aromatic carbocycles. The van der Waals surface area contributed by atoms with E-state index in [1.807, 2.05) is 13.8 Å². The van der Waals surface area contributed by atoms with Gasteiger partial charge in [0.15, 0.2) is 0 Å². The van der Waals surface area contributed by atoms with Gasteiger partial charge >= 0.3 is 6.09 Å². The Kier molecular flexibility index (Phi) is 9.18. The van der Waals surface area contributed by atoms with Crippen LogP contribution in [0.3, 0.4) is 0 Å². The molecule has 8 heteroatoms. The molecule has 1 amide bonds. The fourth-order valence-corrected chi connectivity index (χ4v) is 4.11. The van der Waals surface area contributed by atoms with Crippen LogP contribution >= 0.6 is 0 Å². The van der Waals surface area contributed by atoms with Gasteiger partial charge < -0.3 is 21.1 Å². The largest absolute Gasteiger partial charge is 0.444 e. The molecule has 2 heterocycles. The van der Waals surface area contributed by atoms with Gasteiger partial charge in [0.1, 0.15) is 11.4 Å². The summed E-state index contributed by atoms with van der Waals surface area (Å²) in [5, 5.41) is 0. The molecule has 3 rings (SSSR count). The Bertz CT molecular complexity index is 751. The SMILES string of the molecule is CC.CC(C)(C)OC(N)=O.Cc1c(N)nc(N2CCC3(CCCC3)CC2)n(C)c1=O. The van der Waals surface area contributed by atoms with Crippen molar-refractivity contribution in [3.63, 3.8) is 0 Å². The van der Waals surface area contributed by atoms with Crippen molar-refractivity contribution < 1.29 is 9.53 Å². The van der Waals surface area contributed by atoms with E-state index in [9.17, 15) is 9.59 Å². The van der Waals surface area contributed by atoms with E-state index in [2.05, 4.69) is 14.6 Å². The van der Waals surface area contributed by atoms with Gasteiger partial charge in [-0.05, 0) is 58.8 Å². The summed E-state index contributed by atoms with van der Waals surface area (Å²) in [6.45, 7) is 13.0. The number of carbonyl (C=O) groups excluding carboxylic acids is 1. The molecule has 0 unspecified atom stereocenters. The molecule has 1 aliphatic carbocycles. The number of carbonyl (C=O) groups is 1. The molecule has 1 saturated heterocycles. The third kappa shape index (κ3) is 6.92. The van der Waals surface area contributed by atoms with Crippen LogP contribution in [0.25, 0.3) is 0 Å². The van der Waals surface area contributed by atoms with E-state index >= 15 is 0 Å². The number of rotatable bonds is 1. The van der Waals surface area contributed by atoms with Crippen LogP contribution < -0.4 is 21.9 Å². The summed E-state index contributed by atoms with van der Waals surface area (Å²) < 4.78 is 6.21. The zero-order valence-electron chi connectivity index (χ0n) is 19.9. The lowest BCUT2D eigenvalue weighted by Gasteiger charge is -2.40. The molecule has 0 atom stereocenters. The highest BCUT2D eigenvalue weighted by Gasteiger charge is 2.37. The first-order valence-corrected chi connectivity index (χ1v) is 11.0. The number of hydrogen-bond acceptors (Lipinski definition) is 6. The van der Waals surface area contributed by atoms with Crippen molar-refractivity contribution in [2.45, 2.75) is 85.7 Å². The second kappa shape index (κ2) is 10.7. The molecular formula is C22H41N5O3. The Hall–Kier alpha value is -2.25. The average Bonchev–Trinajstić information content (AvgIpc) is 3.12. The van der Waals surface area contributed by atoms with Crippen LogP contribution in [0.2, 0.25) is 0 Å². The first-order chi connectivity index (χ1) is 13.9. The van der Waals surface area contributed by atoms with Gasteiger partial charge in [0.05, 0.1) is 5.56 Å². The van der Waals surface area contributed by atoms with Crippen LogP contribution in [0, 0.1) is 12.3 Å². The third-order valence-electron chi connectivity index (χ3n) is 5.71. The number of anilines is 2. The van der Waals surface area contributed by atoms with Gasteiger partial charge in [-0.15, -0.1) is 0 Å². The van der Waals surface area contributed by atoms with Gasteiger partial charge in [0.2, 0.25) is 5.95 Å². The number of aromatic nitrogens is 2. The van der Waals surface area contributed by atoms with Crippen molar-refractivity contribution in [1.29, 1.82) is 0 Å². The Labute approximate surface area is 181 Å². The maximum Gasteiger partial charge on any atom is 0.405 e. The van der Waals surface area contributed by atoms with E-state index in [0.717, 1.165) is 19.0 Å². The second-order valence-electron chi connectivity index (χ2n) is 9.01. The fraction of sp³-hybridized carbons (Fsp3) is 0.773. The molecule has 1 spiro atoms. The predicted octanol–water partition coefficient (Wildman–Crippen LogP) is 3.74. The molecule has 1 aromatic heterocycles. The third-order valence-corrected chi connectivity index (χ3v) is 5.71. The Morgan fingerprint density at radius 2 is 1.60 bits per heavy atom. The van der Waals surface area contributed by atoms with E-state index in [1.54, 1.807) is 39.3 Å². The van der Waals surface area contributed by atoms with Crippen LogP contribution in [0.15, 0.2) is 4.79 Å². The summed E-state index contributed by atoms with van der Waals surface area (Å²) in [5.41, 5.74) is 11.2. The Morgan fingerprint density at radius 3 is 2.00 bits per heavy atom. The minimum absolute atomic E-state index is 0.0337. The van der Waals surface area contributed by atoms with E-state index in [4.69, 9.17) is 11.5 Å². The van der Waals surface area contributed by atoms with E-state index in [0.29, 0.717) is 16.8 Å². The topological polar surface area (TPSA) is 116 Å². The van der Waals surface area contributed by atoms with Gasteiger partial charge in [-0.2, -0.15) is 4.98 Å². The van der Waals surface area contributed by atoms with Crippen molar-refractivity contribution in [3.05, 3.63) is 15.9 Å². The van der Waals surface area contributed by atoms with Crippen molar-refractivity contribution in [3.8, 4) is 0 Å². The summed E-state index contributed by atoms with van der Waals surface area (Å²) in [7, 11) is 1.79. The fourth-order valence-electron chi connectivity index (χ4n) is 4.11. The van der Waals surface area contributed by atoms with Crippen molar-refractivity contribution in [1.82, 2.24) is 9.55 Å². The maximum absolute atomic E-state index is 12.1. The normalized spacial score (nSPS) is 17.5. The van der Waals surface area contributed by atoms with Gasteiger partial charge in [0.25, 0.3) is 5.56 Å². The van der Waals surface area contributed by atoms with Gasteiger partial charge in [-0.25, -0.2) is 4.79 Å². The molecule has 0 bridgehead atoms. The summed E-state index contributed by atoms with van der Waals surface area (Å²) in [4.78, 5) is 28.8. The standard InChI is InChI=1S/C15H24N4O.C5H11NO2.C2H6/c1-11-12(16)17-14(18(2)13(11)20)19-9-7-15(8-10-19)5-3-4-6-15;1-5(2,3)8-4(6)7;1-2/h3-10,16H2,1-2H3;1-3H3,(H2,6,7);1-2H3. The van der Waals surface area contributed by atoms with Crippen molar-refractivity contribution >= 4 is 17.9 Å². The molecule has 8 nitrogen and oxygen atoms in total. The van der Waals surface area contributed by atoms with Crippen LogP contribution in [0.4, 0.5) is 16.6 Å². The van der Waals surface area contributed by atoms with Crippen LogP contribution in [0.5, 0.6) is 0 Å². The Morgan fingerprint density at radius 1 is 1.10 bits per heavy atom. The number of nitrogens with two attached hydrogens (primary N) is 2. The summed E-state index contributed by atoms with van der Waals surface area (Å²) >= 11 is 0. The van der Waals surface area contributed by atoms with E-state index < -0.39 is 11.7 Å². The molecule has 1 saturated carbocycles. The molecule has 172 valence electrons. The number of primary amides is 1. The van der Waals surface area contributed by atoms with Crippen LogP contribution in [-0.4, -0.2) is 34.3 Å². The summed E-state index contributed by atoms with van der Waals surface area (Å²) in [6.07, 6.45) is 7.24. The number of hydrogen-bond donors (Lipinski definition) is 2. The van der Waals surface area contributed by atoms with Crippen LogP contribution in [0.1, 0.15) is 78.7 Å². The minimum Gasteiger partial charge on any atom is -0.444 e. The highest BCUT2D eigenvalue weighted by molar-refractivity contribution is 5.65. The van der Waals surface area contributed by atoms with Gasteiger partial charge in [-0.1, -0.05) is 26.7 Å². The van der Waals surface area contributed by atoms with Crippen LogP contribution in [-0.2, 0) is 11.8 Å². The summed E-state index contributed by atoms with van der Waals surface area (Å²) in [5.74, 6) is 1.09. The first kappa shape index (κ1) is 25.8.